The lowest BCUT2D eigenvalue weighted by atomic mass is 10.2. The Morgan fingerprint density at radius 3 is 2.53 bits per heavy atom. The summed E-state index contributed by atoms with van der Waals surface area (Å²) >= 11 is 1.68. The quantitative estimate of drug-likeness (QED) is 0.921. The molecule has 0 aromatic heterocycles. The molecule has 1 aliphatic heterocycles. The zero-order chi connectivity index (χ0) is 13.1. The molecule has 2 aromatic rings. The van der Waals surface area contributed by atoms with Crippen LogP contribution in [0.3, 0.4) is 0 Å². The Kier molecular flexibility index (Phi) is 3.51. The van der Waals surface area contributed by atoms with E-state index in [0.717, 1.165) is 17.0 Å². The molecule has 0 bridgehead atoms. The first-order valence-electron chi connectivity index (χ1n) is 6.09. The van der Waals surface area contributed by atoms with Crippen LogP contribution in [0.1, 0.15) is 16.5 Å². The normalized spacial score (nSPS) is 17.9. The molecule has 3 rings (SSSR count). The molecular weight excluding hydrogens is 259 g/mol. The number of rotatable bonds is 3. The van der Waals surface area contributed by atoms with Gasteiger partial charge in [-0.25, -0.2) is 4.39 Å². The molecule has 1 aliphatic rings. The minimum atomic E-state index is -0.211. The van der Waals surface area contributed by atoms with Crippen molar-refractivity contribution in [2.75, 3.05) is 0 Å². The number of nitrogens with zero attached hydrogens (tertiary/aromatic N) is 1. The van der Waals surface area contributed by atoms with Gasteiger partial charge in [-0.15, -0.1) is 0 Å². The third kappa shape index (κ3) is 2.96. The van der Waals surface area contributed by atoms with E-state index in [1.165, 1.54) is 17.7 Å². The number of hydrogen-bond acceptors (Lipinski definition) is 3. The summed E-state index contributed by atoms with van der Waals surface area (Å²) in [6.45, 7) is 0. The van der Waals surface area contributed by atoms with Crippen molar-refractivity contribution in [3.8, 4) is 0 Å². The topological polar surface area (TPSA) is 24.4 Å². The van der Waals surface area contributed by atoms with Crippen LogP contribution < -0.4 is 5.43 Å². The molecule has 0 saturated heterocycles. The van der Waals surface area contributed by atoms with E-state index >= 15 is 0 Å². The summed E-state index contributed by atoms with van der Waals surface area (Å²) in [6.07, 6.45) is 0.830. The average molecular weight is 272 g/mol. The molecular formula is C15H13FN2S. The molecule has 2 aromatic carbocycles. The van der Waals surface area contributed by atoms with Gasteiger partial charge < -0.3 is 0 Å². The van der Waals surface area contributed by atoms with Crippen molar-refractivity contribution in [2.45, 2.75) is 11.8 Å². The first-order chi connectivity index (χ1) is 9.31. The van der Waals surface area contributed by atoms with Gasteiger partial charge in [0.2, 0.25) is 0 Å². The van der Waals surface area contributed by atoms with Gasteiger partial charge in [-0.3, -0.25) is 5.43 Å². The van der Waals surface area contributed by atoms with Gasteiger partial charge in [0.15, 0.2) is 0 Å². The van der Waals surface area contributed by atoms with Gasteiger partial charge in [-0.05, 0) is 23.3 Å². The highest BCUT2D eigenvalue weighted by Crippen LogP contribution is 2.32. The van der Waals surface area contributed by atoms with E-state index < -0.39 is 0 Å². The maximum atomic E-state index is 12.9. The highest BCUT2D eigenvalue weighted by molar-refractivity contribution is 8.14. The van der Waals surface area contributed by atoms with Crippen LogP contribution in [0.15, 0.2) is 59.7 Å². The van der Waals surface area contributed by atoms with E-state index in [9.17, 15) is 4.39 Å². The lowest BCUT2D eigenvalue weighted by molar-refractivity contribution is 0.625. The SMILES string of the molecule is Fc1ccc([C@@H]2NN=C(Cc3ccccc3)S2)cc1. The van der Waals surface area contributed by atoms with Crippen molar-refractivity contribution in [3.63, 3.8) is 0 Å². The fourth-order valence-electron chi connectivity index (χ4n) is 1.95. The second-order valence-electron chi connectivity index (χ2n) is 4.35. The van der Waals surface area contributed by atoms with E-state index in [1.807, 2.05) is 18.2 Å². The summed E-state index contributed by atoms with van der Waals surface area (Å²) in [7, 11) is 0. The highest BCUT2D eigenvalue weighted by atomic mass is 32.2. The number of nitrogens with one attached hydrogen (secondary N) is 1. The molecule has 2 nitrogen and oxygen atoms in total. The van der Waals surface area contributed by atoms with Crippen LogP contribution >= 0.6 is 11.8 Å². The Hall–Kier alpha value is -1.81. The second-order valence-corrected chi connectivity index (χ2v) is 5.52. The van der Waals surface area contributed by atoms with Gasteiger partial charge in [-0.2, -0.15) is 5.10 Å². The van der Waals surface area contributed by atoms with E-state index in [4.69, 9.17) is 0 Å². The van der Waals surface area contributed by atoms with E-state index in [2.05, 4.69) is 22.7 Å². The molecule has 0 saturated carbocycles. The second kappa shape index (κ2) is 5.45. The number of hydrogen-bond donors (Lipinski definition) is 1. The number of hydrazone groups is 1. The largest absolute Gasteiger partial charge is 0.291 e. The number of thioether (sulfide) groups is 1. The predicted molar refractivity (Wildman–Crippen MR) is 77.4 cm³/mol. The van der Waals surface area contributed by atoms with Crippen molar-refractivity contribution in [3.05, 3.63) is 71.5 Å². The smallest absolute Gasteiger partial charge is 0.123 e. The molecule has 0 unspecified atom stereocenters. The summed E-state index contributed by atoms with van der Waals surface area (Å²) in [4.78, 5) is 0. The van der Waals surface area contributed by atoms with Crippen LogP contribution in [0.25, 0.3) is 0 Å². The summed E-state index contributed by atoms with van der Waals surface area (Å²) in [5, 5.41) is 5.49. The minimum Gasteiger partial charge on any atom is -0.291 e. The van der Waals surface area contributed by atoms with Gasteiger partial charge in [0.25, 0.3) is 0 Å². The monoisotopic (exact) mass is 272 g/mol. The van der Waals surface area contributed by atoms with Gasteiger partial charge in [0.05, 0.1) is 5.04 Å². The molecule has 96 valence electrons. The molecule has 1 heterocycles. The Labute approximate surface area is 115 Å². The fraction of sp³-hybridized carbons (Fsp3) is 0.133. The van der Waals surface area contributed by atoms with E-state index in [-0.39, 0.29) is 11.2 Å². The fourth-order valence-corrected chi connectivity index (χ4v) is 2.98. The maximum absolute atomic E-state index is 12.9. The van der Waals surface area contributed by atoms with Gasteiger partial charge in [0.1, 0.15) is 11.2 Å². The van der Waals surface area contributed by atoms with Crippen molar-refractivity contribution in [2.24, 2.45) is 5.10 Å². The molecule has 0 amide bonds. The molecule has 19 heavy (non-hydrogen) atoms. The molecule has 0 spiro atoms. The van der Waals surface area contributed by atoms with E-state index in [1.54, 1.807) is 23.9 Å². The van der Waals surface area contributed by atoms with Crippen LogP contribution in [0.5, 0.6) is 0 Å². The lowest BCUT2D eigenvalue weighted by Crippen LogP contribution is -2.06. The van der Waals surface area contributed by atoms with Gasteiger partial charge in [-0.1, -0.05) is 54.2 Å². The molecule has 0 fully saturated rings. The van der Waals surface area contributed by atoms with Crippen molar-refractivity contribution >= 4 is 16.8 Å². The van der Waals surface area contributed by atoms with Gasteiger partial charge >= 0.3 is 0 Å². The third-order valence-corrected chi connectivity index (χ3v) is 4.05. The molecule has 1 N–H and O–H groups in total. The van der Waals surface area contributed by atoms with Crippen molar-refractivity contribution < 1.29 is 4.39 Å². The molecule has 0 aliphatic carbocycles. The Balaban J connectivity index is 1.65. The van der Waals surface area contributed by atoms with E-state index in [0.29, 0.717) is 0 Å². The molecule has 1 atom stereocenters. The Morgan fingerprint density at radius 1 is 1.05 bits per heavy atom. The van der Waals surface area contributed by atoms with Crippen molar-refractivity contribution in [1.29, 1.82) is 0 Å². The average Bonchev–Trinajstić information content (AvgIpc) is 2.89. The summed E-state index contributed by atoms with van der Waals surface area (Å²) < 4.78 is 12.9. The third-order valence-electron chi connectivity index (χ3n) is 2.93. The zero-order valence-corrected chi connectivity index (χ0v) is 11.0. The zero-order valence-electron chi connectivity index (χ0n) is 10.2. The summed E-state index contributed by atoms with van der Waals surface area (Å²) in [6, 6.07) is 16.8. The summed E-state index contributed by atoms with van der Waals surface area (Å²) in [5.41, 5.74) is 5.38. The van der Waals surface area contributed by atoms with Crippen LogP contribution in [0, 0.1) is 5.82 Å². The number of halogens is 1. The molecule has 4 heteroatoms. The maximum Gasteiger partial charge on any atom is 0.123 e. The van der Waals surface area contributed by atoms with Crippen LogP contribution in [-0.4, -0.2) is 5.04 Å². The van der Waals surface area contributed by atoms with Gasteiger partial charge in [0, 0.05) is 6.42 Å². The van der Waals surface area contributed by atoms with Crippen LogP contribution in [0.2, 0.25) is 0 Å². The molecule has 0 radical (unpaired) electrons. The minimum absolute atomic E-state index is 0.0827. The first-order valence-corrected chi connectivity index (χ1v) is 6.97. The Bertz CT molecular complexity index is 581. The van der Waals surface area contributed by atoms with Crippen LogP contribution in [-0.2, 0) is 6.42 Å². The van der Waals surface area contributed by atoms with Crippen LogP contribution in [0.4, 0.5) is 4.39 Å². The standard InChI is InChI=1S/C15H13FN2S/c16-13-8-6-12(7-9-13)15-18-17-14(19-15)10-11-4-2-1-3-5-11/h1-9,15,18H,10H2/t15-/m1/s1. The first kappa shape index (κ1) is 12.2. The lowest BCUT2D eigenvalue weighted by Gasteiger charge is -2.09. The van der Waals surface area contributed by atoms with Crippen molar-refractivity contribution in [1.82, 2.24) is 5.43 Å². The Morgan fingerprint density at radius 2 is 1.79 bits per heavy atom. The summed E-state index contributed by atoms with van der Waals surface area (Å²) in [5.74, 6) is -0.211. The predicted octanol–water partition coefficient (Wildman–Crippen LogP) is 3.72. The highest BCUT2D eigenvalue weighted by Gasteiger charge is 2.20. The number of benzene rings is 2.